The molecule has 2 aliphatic rings. The molecule has 0 spiro atoms. The van der Waals surface area contributed by atoms with Gasteiger partial charge in [0.1, 0.15) is 0 Å². The predicted molar refractivity (Wildman–Crippen MR) is 120 cm³/mol. The molecule has 1 saturated carbocycles. The van der Waals surface area contributed by atoms with Gasteiger partial charge in [0, 0.05) is 23.7 Å². The molecule has 0 aromatic heterocycles. The Hall–Kier alpha value is -1.49. The summed E-state index contributed by atoms with van der Waals surface area (Å²) in [7, 11) is -2.91. The molecule has 1 saturated heterocycles. The summed E-state index contributed by atoms with van der Waals surface area (Å²) in [6, 6.07) is 5.14. The van der Waals surface area contributed by atoms with Crippen molar-refractivity contribution in [3.8, 4) is 0 Å². The number of rotatable bonds is 7. The van der Waals surface area contributed by atoms with Crippen molar-refractivity contribution in [1.82, 2.24) is 14.9 Å². The quantitative estimate of drug-likeness (QED) is 0.583. The lowest BCUT2D eigenvalue weighted by atomic mass is 9.88. The summed E-state index contributed by atoms with van der Waals surface area (Å²) in [6.45, 7) is 0.552. The van der Waals surface area contributed by atoms with Crippen molar-refractivity contribution in [2.24, 2.45) is 0 Å². The number of amides is 1. The van der Waals surface area contributed by atoms with Crippen molar-refractivity contribution in [3.63, 3.8) is 0 Å². The van der Waals surface area contributed by atoms with Crippen LogP contribution >= 0.6 is 0 Å². The molecule has 174 valence electrons. The van der Waals surface area contributed by atoms with Gasteiger partial charge in [0.25, 0.3) is 5.91 Å². The van der Waals surface area contributed by atoms with Gasteiger partial charge in [-0.25, -0.2) is 21.6 Å². The SMILES string of the molecule is CN(C)C1(CNC(=O)c2ccc(S(=O)(=O)NC3CCS(=O)(=O)C3)cc2)CCCCCC1. The number of hydrogen-bond acceptors (Lipinski definition) is 6. The minimum atomic E-state index is -3.84. The van der Waals surface area contributed by atoms with Gasteiger partial charge in [-0.3, -0.25) is 4.79 Å². The van der Waals surface area contributed by atoms with Crippen molar-refractivity contribution in [3.05, 3.63) is 29.8 Å². The van der Waals surface area contributed by atoms with Crippen LogP contribution in [0, 0.1) is 0 Å². The first-order chi connectivity index (χ1) is 14.5. The number of carbonyl (C=O) groups excluding carboxylic acids is 1. The van der Waals surface area contributed by atoms with Crippen LogP contribution in [0.15, 0.2) is 29.2 Å². The van der Waals surface area contributed by atoms with Crippen molar-refractivity contribution in [2.45, 2.75) is 61.4 Å². The molecule has 1 aliphatic carbocycles. The normalized spacial score (nSPS) is 23.4. The van der Waals surface area contributed by atoms with E-state index in [4.69, 9.17) is 0 Å². The zero-order chi connectivity index (χ0) is 22.7. The van der Waals surface area contributed by atoms with Gasteiger partial charge in [0.15, 0.2) is 9.84 Å². The van der Waals surface area contributed by atoms with Gasteiger partial charge in [-0.05, 0) is 57.6 Å². The summed E-state index contributed by atoms with van der Waals surface area (Å²) < 4.78 is 50.7. The molecule has 2 N–H and O–H groups in total. The number of carbonyl (C=O) groups is 1. The van der Waals surface area contributed by atoms with Crippen LogP contribution in [0.2, 0.25) is 0 Å². The van der Waals surface area contributed by atoms with Crippen LogP contribution in [0.3, 0.4) is 0 Å². The van der Waals surface area contributed by atoms with Crippen molar-refractivity contribution < 1.29 is 21.6 Å². The molecule has 1 aliphatic heterocycles. The molecular formula is C21H33N3O5S2. The van der Waals surface area contributed by atoms with E-state index in [1.54, 1.807) is 0 Å². The van der Waals surface area contributed by atoms with Crippen LogP contribution in [0.25, 0.3) is 0 Å². The fourth-order valence-electron chi connectivity index (χ4n) is 4.48. The van der Waals surface area contributed by atoms with Gasteiger partial charge in [-0.2, -0.15) is 0 Å². The Morgan fingerprint density at radius 3 is 2.23 bits per heavy atom. The Morgan fingerprint density at radius 1 is 1.10 bits per heavy atom. The van der Waals surface area contributed by atoms with Crippen LogP contribution in [0.5, 0.6) is 0 Å². The van der Waals surface area contributed by atoms with E-state index in [0.29, 0.717) is 12.1 Å². The summed E-state index contributed by atoms with van der Waals surface area (Å²) in [5.41, 5.74) is 0.339. The van der Waals surface area contributed by atoms with Crippen LogP contribution < -0.4 is 10.0 Å². The number of nitrogens with one attached hydrogen (secondary N) is 2. The minimum Gasteiger partial charge on any atom is -0.350 e. The highest BCUT2D eigenvalue weighted by molar-refractivity contribution is 7.92. The molecule has 0 radical (unpaired) electrons. The third-order valence-corrected chi connectivity index (χ3v) is 9.85. The molecule has 1 amide bonds. The highest BCUT2D eigenvalue weighted by Crippen LogP contribution is 2.30. The lowest BCUT2D eigenvalue weighted by Gasteiger charge is -2.39. The molecule has 2 fully saturated rings. The van der Waals surface area contributed by atoms with Gasteiger partial charge < -0.3 is 10.2 Å². The first-order valence-corrected chi connectivity index (χ1v) is 14.1. The lowest BCUT2D eigenvalue weighted by Crippen LogP contribution is -2.52. The predicted octanol–water partition coefficient (Wildman–Crippen LogP) is 1.54. The van der Waals surface area contributed by atoms with Crippen LogP contribution in [-0.4, -0.2) is 71.4 Å². The van der Waals surface area contributed by atoms with Gasteiger partial charge in [0.05, 0.1) is 16.4 Å². The fourth-order valence-corrected chi connectivity index (χ4v) is 7.53. The Bertz CT molecular complexity index is 980. The number of likely N-dealkylation sites (N-methyl/N-ethyl adjacent to an activating group) is 1. The van der Waals surface area contributed by atoms with E-state index in [1.165, 1.54) is 37.1 Å². The standard InChI is InChI=1S/C21H33N3O5S2/c1-24(2)21(12-5-3-4-6-13-21)16-22-20(25)17-7-9-19(10-8-17)31(28,29)23-18-11-14-30(26,27)15-18/h7-10,18,23H,3-6,11-16H2,1-2H3,(H,22,25). The van der Waals surface area contributed by atoms with Crippen LogP contribution in [-0.2, 0) is 19.9 Å². The molecule has 1 heterocycles. The Morgan fingerprint density at radius 2 is 1.71 bits per heavy atom. The van der Waals surface area contributed by atoms with E-state index in [-0.39, 0.29) is 34.3 Å². The van der Waals surface area contributed by atoms with Crippen LogP contribution in [0.1, 0.15) is 55.3 Å². The molecule has 1 unspecified atom stereocenters. The second-order valence-corrected chi connectivity index (χ2v) is 12.9. The summed E-state index contributed by atoms with van der Waals surface area (Å²) in [6.07, 6.45) is 7.10. The second kappa shape index (κ2) is 9.56. The lowest BCUT2D eigenvalue weighted by molar-refractivity contribution is 0.0869. The van der Waals surface area contributed by atoms with E-state index in [9.17, 15) is 21.6 Å². The zero-order valence-corrected chi connectivity index (χ0v) is 19.9. The number of sulfone groups is 1. The first kappa shape index (κ1) is 24.2. The first-order valence-electron chi connectivity index (χ1n) is 10.8. The Kier molecular flexibility index (Phi) is 7.45. The van der Waals surface area contributed by atoms with E-state index < -0.39 is 25.9 Å². The monoisotopic (exact) mass is 471 g/mol. The van der Waals surface area contributed by atoms with E-state index >= 15 is 0 Å². The molecule has 1 aromatic carbocycles. The molecule has 3 rings (SSSR count). The second-order valence-electron chi connectivity index (χ2n) is 8.96. The third kappa shape index (κ3) is 6.06. The Labute approximate surface area is 185 Å². The maximum absolute atomic E-state index is 12.7. The summed E-state index contributed by atoms with van der Waals surface area (Å²) in [4.78, 5) is 14.9. The number of sulfonamides is 1. The van der Waals surface area contributed by atoms with E-state index in [0.717, 1.165) is 25.7 Å². The topological polar surface area (TPSA) is 113 Å². The molecule has 10 heteroatoms. The molecule has 31 heavy (non-hydrogen) atoms. The molecule has 1 aromatic rings. The van der Waals surface area contributed by atoms with Gasteiger partial charge in [0.2, 0.25) is 10.0 Å². The van der Waals surface area contributed by atoms with Crippen molar-refractivity contribution >= 4 is 25.8 Å². The average molecular weight is 472 g/mol. The van der Waals surface area contributed by atoms with Gasteiger partial charge >= 0.3 is 0 Å². The summed E-state index contributed by atoms with van der Waals surface area (Å²) in [5.74, 6) is -0.419. The minimum absolute atomic E-state index is 0.00621. The van der Waals surface area contributed by atoms with E-state index in [2.05, 4.69) is 29.0 Å². The largest absolute Gasteiger partial charge is 0.350 e. The third-order valence-electron chi connectivity index (χ3n) is 6.54. The van der Waals surface area contributed by atoms with Crippen molar-refractivity contribution in [2.75, 3.05) is 32.1 Å². The van der Waals surface area contributed by atoms with Gasteiger partial charge in [-0.15, -0.1) is 0 Å². The molecular weight excluding hydrogens is 438 g/mol. The number of benzene rings is 1. The molecule has 8 nitrogen and oxygen atoms in total. The zero-order valence-electron chi connectivity index (χ0n) is 18.3. The Balaban J connectivity index is 1.63. The maximum Gasteiger partial charge on any atom is 0.251 e. The summed E-state index contributed by atoms with van der Waals surface area (Å²) in [5, 5.41) is 3.03. The summed E-state index contributed by atoms with van der Waals surface area (Å²) >= 11 is 0. The molecule has 0 bridgehead atoms. The number of nitrogens with zero attached hydrogens (tertiary/aromatic N) is 1. The highest BCUT2D eigenvalue weighted by Gasteiger charge is 2.34. The average Bonchev–Trinajstić information content (AvgIpc) is 2.91. The molecule has 1 atom stereocenters. The van der Waals surface area contributed by atoms with Crippen LogP contribution in [0.4, 0.5) is 0 Å². The highest BCUT2D eigenvalue weighted by atomic mass is 32.2. The number of hydrogen-bond donors (Lipinski definition) is 2. The van der Waals surface area contributed by atoms with Gasteiger partial charge in [-0.1, -0.05) is 25.7 Å². The maximum atomic E-state index is 12.7. The fraction of sp³-hybridized carbons (Fsp3) is 0.667. The smallest absolute Gasteiger partial charge is 0.251 e. The van der Waals surface area contributed by atoms with E-state index in [1.807, 2.05) is 0 Å². The van der Waals surface area contributed by atoms with Crippen molar-refractivity contribution in [1.29, 1.82) is 0 Å².